The molecule has 0 aromatic rings. The van der Waals surface area contributed by atoms with E-state index in [1.165, 1.54) is 64.2 Å². The molecule has 186 valence electrons. The van der Waals surface area contributed by atoms with Crippen molar-refractivity contribution < 1.29 is 0 Å². The van der Waals surface area contributed by atoms with Gasteiger partial charge >= 0.3 is 0 Å². The fourth-order valence-electron chi connectivity index (χ4n) is 9.87. The maximum Gasteiger partial charge on any atom is 0.00792 e. The zero-order valence-electron chi connectivity index (χ0n) is 22.5. The summed E-state index contributed by atoms with van der Waals surface area (Å²) < 4.78 is 0. The van der Waals surface area contributed by atoms with E-state index in [1.807, 2.05) is 0 Å². The number of nitrogens with one attached hydrogen (secondary N) is 2. The fraction of sp³-hybridized carbons (Fsp3) is 1.00. The van der Waals surface area contributed by atoms with Gasteiger partial charge in [0.05, 0.1) is 0 Å². The Morgan fingerprint density at radius 3 is 2.31 bits per heavy atom. The molecule has 0 aromatic heterocycles. The van der Waals surface area contributed by atoms with E-state index in [9.17, 15) is 0 Å². The molecule has 0 spiro atoms. The minimum atomic E-state index is 0.631. The van der Waals surface area contributed by atoms with Crippen molar-refractivity contribution in [2.75, 3.05) is 20.1 Å². The third-order valence-corrected chi connectivity index (χ3v) is 11.7. The van der Waals surface area contributed by atoms with E-state index >= 15 is 0 Å². The molecule has 4 unspecified atom stereocenters. The summed E-state index contributed by atoms with van der Waals surface area (Å²) >= 11 is 0. The highest BCUT2D eigenvalue weighted by Crippen LogP contribution is 2.68. The van der Waals surface area contributed by atoms with Crippen LogP contribution in [0.2, 0.25) is 0 Å². The van der Waals surface area contributed by atoms with Crippen LogP contribution in [0.1, 0.15) is 112 Å². The van der Waals surface area contributed by atoms with Gasteiger partial charge in [0.1, 0.15) is 0 Å². The van der Waals surface area contributed by atoms with Crippen LogP contribution in [-0.2, 0) is 0 Å². The lowest BCUT2D eigenvalue weighted by molar-refractivity contribution is -0.118. The Labute approximate surface area is 200 Å². The first-order valence-corrected chi connectivity index (χ1v) is 14.7. The molecule has 2 heteroatoms. The Bertz CT molecular complexity index is 602. The summed E-state index contributed by atoms with van der Waals surface area (Å²) in [5.41, 5.74) is 1.28. The zero-order valence-corrected chi connectivity index (χ0v) is 22.5. The second-order valence-corrected chi connectivity index (χ2v) is 13.7. The molecular formula is C30H56N2. The van der Waals surface area contributed by atoms with Crippen molar-refractivity contribution in [1.82, 2.24) is 10.6 Å². The average molecular weight is 445 g/mol. The Balaban J connectivity index is 1.39. The van der Waals surface area contributed by atoms with Crippen LogP contribution >= 0.6 is 0 Å². The van der Waals surface area contributed by atoms with Crippen LogP contribution in [0.3, 0.4) is 0 Å². The van der Waals surface area contributed by atoms with E-state index in [2.05, 4.69) is 52.3 Å². The number of hydrogen-bond donors (Lipinski definition) is 2. The highest BCUT2D eigenvalue weighted by Gasteiger charge is 2.60. The van der Waals surface area contributed by atoms with Crippen LogP contribution in [0.4, 0.5) is 0 Å². The standard InChI is InChI=1S/C30H56N2/c1-21(2)8-7-9-22(3)26-12-13-27-25-11-10-23-20-24(32-19-18-31-6)14-16-29(23,4)28(25)15-17-30(26,27)5/h21-28,31-32H,7-20H2,1-6H3/t22-,23?,24+,25?,26-,27?,28?,29+,30-/m1/s1. The predicted molar refractivity (Wildman–Crippen MR) is 139 cm³/mol. The Kier molecular flexibility index (Phi) is 8.03. The van der Waals surface area contributed by atoms with Crippen molar-refractivity contribution in [3.05, 3.63) is 0 Å². The molecule has 0 radical (unpaired) electrons. The van der Waals surface area contributed by atoms with Gasteiger partial charge in [0, 0.05) is 19.1 Å². The van der Waals surface area contributed by atoms with Crippen molar-refractivity contribution >= 4 is 0 Å². The van der Waals surface area contributed by atoms with Crippen molar-refractivity contribution in [3.8, 4) is 0 Å². The van der Waals surface area contributed by atoms with Gasteiger partial charge in [-0.2, -0.15) is 0 Å². The zero-order chi connectivity index (χ0) is 22.9. The van der Waals surface area contributed by atoms with Gasteiger partial charge in [0.25, 0.3) is 0 Å². The maximum atomic E-state index is 3.87. The smallest absolute Gasteiger partial charge is 0.00792 e. The summed E-state index contributed by atoms with van der Waals surface area (Å²) in [5.74, 6) is 6.87. The van der Waals surface area contributed by atoms with Crippen LogP contribution < -0.4 is 10.6 Å². The molecule has 2 N–H and O–H groups in total. The van der Waals surface area contributed by atoms with E-state index in [0.717, 1.165) is 60.6 Å². The van der Waals surface area contributed by atoms with Gasteiger partial charge in [-0.15, -0.1) is 0 Å². The van der Waals surface area contributed by atoms with Crippen LogP contribution in [0, 0.1) is 52.3 Å². The lowest BCUT2D eigenvalue weighted by atomic mass is 9.44. The Morgan fingerprint density at radius 1 is 0.812 bits per heavy atom. The highest BCUT2D eigenvalue weighted by molar-refractivity contribution is 5.10. The molecule has 0 heterocycles. The van der Waals surface area contributed by atoms with Crippen molar-refractivity contribution in [2.24, 2.45) is 52.3 Å². The maximum absolute atomic E-state index is 3.87. The lowest BCUT2D eigenvalue weighted by Crippen LogP contribution is -2.55. The van der Waals surface area contributed by atoms with Crippen LogP contribution in [0.25, 0.3) is 0 Å². The summed E-state index contributed by atoms with van der Waals surface area (Å²) in [4.78, 5) is 0. The van der Waals surface area contributed by atoms with Crippen LogP contribution in [-0.4, -0.2) is 26.2 Å². The SMILES string of the molecule is CNCCN[C@H]1CC[C@@]2(C)C(CCC3C2CC[C@@]2(C)C3CC[C@@H]2[C@H](C)CCCC(C)C)C1. The van der Waals surface area contributed by atoms with Crippen LogP contribution in [0.15, 0.2) is 0 Å². The molecule has 4 aliphatic rings. The summed E-state index contributed by atoms with van der Waals surface area (Å²) in [6, 6.07) is 0.773. The van der Waals surface area contributed by atoms with Gasteiger partial charge in [-0.25, -0.2) is 0 Å². The average Bonchev–Trinajstić information content (AvgIpc) is 3.11. The number of hydrogen-bond acceptors (Lipinski definition) is 2. The topological polar surface area (TPSA) is 24.1 Å². The van der Waals surface area contributed by atoms with Crippen molar-refractivity contribution in [2.45, 2.75) is 118 Å². The quantitative estimate of drug-likeness (QED) is 0.365. The third kappa shape index (κ3) is 4.71. The molecule has 2 nitrogen and oxygen atoms in total. The first kappa shape index (κ1) is 25.0. The first-order chi connectivity index (χ1) is 15.3. The van der Waals surface area contributed by atoms with Gasteiger partial charge < -0.3 is 10.6 Å². The minimum absolute atomic E-state index is 0.631. The molecule has 4 fully saturated rings. The molecule has 0 aromatic carbocycles. The Hall–Kier alpha value is -0.0800. The molecular weight excluding hydrogens is 388 g/mol. The van der Waals surface area contributed by atoms with Gasteiger partial charge in [0.15, 0.2) is 0 Å². The minimum Gasteiger partial charge on any atom is -0.318 e. The molecule has 0 aliphatic heterocycles. The lowest BCUT2D eigenvalue weighted by Gasteiger charge is -2.61. The van der Waals surface area contributed by atoms with Gasteiger partial charge in [-0.3, -0.25) is 0 Å². The second-order valence-electron chi connectivity index (χ2n) is 13.7. The van der Waals surface area contributed by atoms with E-state index in [1.54, 1.807) is 12.8 Å². The van der Waals surface area contributed by atoms with Crippen molar-refractivity contribution in [1.29, 1.82) is 0 Å². The summed E-state index contributed by atoms with van der Waals surface area (Å²) in [5, 5.41) is 7.17. The predicted octanol–water partition coefficient (Wildman–Crippen LogP) is 7.29. The number of rotatable bonds is 9. The Morgan fingerprint density at radius 2 is 1.56 bits per heavy atom. The summed E-state index contributed by atoms with van der Waals surface area (Å²) in [6.07, 6.45) is 17.9. The van der Waals surface area contributed by atoms with Gasteiger partial charge in [-0.05, 0) is 117 Å². The van der Waals surface area contributed by atoms with E-state index in [4.69, 9.17) is 0 Å². The summed E-state index contributed by atoms with van der Waals surface area (Å²) in [6.45, 7) is 15.1. The normalized spacial score (nSPS) is 44.7. The monoisotopic (exact) mass is 444 g/mol. The highest BCUT2D eigenvalue weighted by atomic mass is 15.0. The van der Waals surface area contributed by atoms with E-state index in [0.29, 0.717) is 10.8 Å². The van der Waals surface area contributed by atoms with Gasteiger partial charge in [-0.1, -0.05) is 53.9 Å². The molecule has 4 aliphatic carbocycles. The first-order valence-electron chi connectivity index (χ1n) is 14.7. The molecule has 4 saturated carbocycles. The second kappa shape index (κ2) is 10.3. The molecule has 4 rings (SSSR count). The molecule has 0 bridgehead atoms. The van der Waals surface area contributed by atoms with Gasteiger partial charge in [0.2, 0.25) is 0 Å². The molecule has 9 atom stereocenters. The molecule has 0 saturated heterocycles. The van der Waals surface area contributed by atoms with E-state index in [-0.39, 0.29) is 0 Å². The third-order valence-electron chi connectivity index (χ3n) is 11.7. The number of likely N-dealkylation sites (N-methyl/N-ethyl adjacent to an activating group) is 1. The molecule has 0 amide bonds. The fourth-order valence-corrected chi connectivity index (χ4v) is 9.87. The largest absolute Gasteiger partial charge is 0.318 e. The van der Waals surface area contributed by atoms with E-state index < -0.39 is 0 Å². The van der Waals surface area contributed by atoms with Crippen molar-refractivity contribution in [3.63, 3.8) is 0 Å². The van der Waals surface area contributed by atoms with Crippen LogP contribution in [0.5, 0.6) is 0 Å². The number of fused-ring (bicyclic) bond motifs is 5. The molecule has 32 heavy (non-hydrogen) atoms. The summed E-state index contributed by atoms with van der Waals surface area (Å²) in [7, 11) is 2.07.